The lowest BCUT2D eigenvalue weighted by atomic mass is 9.75. The fourth-order valence-corrected chi connectivity index (χ4v) is 2.87. The van der Waals surface area contributed by atoms with Crippen molar-refractivity contribution in [2.24, 2.45) is 13.0 Å². The Morgan fingerprint density at radius 2 is 2.17 bits per heavy atom. The number of hydrogen-bond acceptors (Lipinski definition) is 3. The summed E-state index contributed by atoms with van der Waals surface area (Å²) < 4.78 is 28.6. The number of halogens is 2. The number of carbonyl (C=O) groups excluding carboxylic acids is 1. The molecule has 0 spiro atoms. The average Bonchev–Trinajstić information content (AvgIpc) is 2.90. The standard InChI is InChI=1S/C16H17F2N3O2/c1-21-8-10(7-19-21)15(9-4-12(22)5-9)20-16(23)13-6-11(17)2-3-14(13)18/h2-3,6-9,12,15,22H,4-5H2,1H3,(H,20,23)/t9?,12?,15-/m0/s1. The van der Waals surface area contributed by atoms with E-state index in [2.05, 4.69) is 10.4 Å². The van der Waals surface area contributed by atoms with Gasteiger partial charge in [-0.15, -0.1) is 0 Å². The summed E-state index contributed by atoms with van der Waals surface area (Å²) in [7, 11) is 1.75. The first-order valence-corrected chi connectivity index (χ1v) is 7.36. The van der Waals surface area contributed by atoms with Crippen molar-refractivity contribution in [1.29, 1.82) is 0 Å². The highest BCUT2D eigenvalue weighted by molar-refractivity contribution is 5.94. The smallest absolute Gasteiger partial charge is 0.254 e. The lowest BCUT2D eigenvalue weighted by molar-refractivity contribution is 0.0234. The molecule has 1 aliphatic rings. The zero-order chi connectivity index (χ0) is 16.6. The molecule has 1 aliphatic carbocycles. The van der Waals surface area contributed by atoms with E-state index in [0.717, 1.165) is 23.8 Å². The molecule has 0 unspecified atom stereocenters. The zero-order valence-electron chi connectivity index (χ0n) is 12.5. The second kappa shape index (κ2) is 6.08. The number of benzene rings is 1. The molecule has 1 fully saturated rings. The minimum Gasteiger partial charge on any atom is -0.393 e. The third kappa shape index (κ3) is 3.24. The van der Waals surface area contributed by atoms with Crippen LogP contribution in [-0.2, 0) is 7.05 Å². The SMILES string of the molecule is Cn1cc([C@@H](NC(=O)c2cc(F)ccc2F)C2CC(O)C2)cn1. The van der Waals surface area contributed by atoms with Gasteiger partial charge in [0.1, 0.15) is 11.6 Å². The van der Waals surface area contributed by atoms with E-state index >= 15 is 0 Å². The molecule has 0 aliphatic heterocycles. The van der Waals surface area contributed by atoms with Gasteiger partial charge in [0, 0.05) is 18.8 Å². The molecular formula is C16H17F2N3O2. The second-order valence-corrected chi connectivity index (χ2v) is 5.91. The summed E-state index contributed by atoms with van der Waals surface area (Å²) in [4.78, 5) is 12.3. The maximum absolute atomic E-state index is 13.8. The molecule has 7 heteroatoms. The van der Waals surface area contributed by atoms with Gasteiger partial charge in [-0.3, -0.25) is 9.48 Å². The molecule has 0 radical (unpaired) electrons. The number of aliphatic hydroxyl groups is 1. The lowest BCUT2D eigenvalue weighted by Crippen LogP contribution is -2.41. The van der Waals surface area contributed by atoms with Crippen LogP contribution in [0, 0.1) is 17.6 Å². The molecule has 1 saturated carbocycles. The Balaban J connectivity index is 1.83. The minimum atomic E-state index is -0.775. The fourth-order valence-electron chi connectivity index (χ4n) is 2.87. The number of nitrogens with zero attached hydrogens (tertiary/aromatic N) is 2. The Morgan fingerprint density at radius 3 is 2.78 bits per heavy atom. The Bertz CT molecular complexity index is 726. The Morgan fingerprint density at radius 1 is 1.43 bits per heavy atom. The van der Waals surface area contributed by atoms with Crippen molar-refractivity contribution in [2.75, 3.05) is 0 Å². The molecule has 2 N–H and O–H groups in total. The van der Waals surface area contributed by atoms with Gasteiger partial charge in [0.25, 0.3) is 5.91 Å². The van der Waals surface area contributed by atoms with E-state index in [1.807, 2.05) is 0 Å². The van der Waals surface area contributed by atoms with Crippen molar-refractivity contribution in [3.63, 3.8) is 0 Å². The highest BCUT2D eigenvalue weighted by Crippen LogP contribution is 2.38. The van der Waals surface area contributed by atoms with Gasteiger partial charge in [-0.2, -0.15) is 5.10 Å². The van der Waals surface area contributed by atoms with Gasteiger partial charge in [-0.05, 0) is 37.0 Å². The van der Waals surface area contributed by atoms with E-state index in [-0.39, 0.29) is 17.6 Å². The van der Waals surface area contributed by atoms with Crippen molar-refractivity contribution >= 4 is 5.91 Å². The second-order valence-electron chi connectivity index (χ2n) is 5.91. The molecule has 1 heterocycles. The summed E-state index contributed by atoms with van der Waals surface area (Å²) in [5.41, 5.74) is 0.438. The van der Waals surface area contributed by atoms with Crippen molar-refractivity contribution in [2.45, 2.75) is 25.0 Å². The Labute approximate surface area is 131 Å². The highest BCUT2D eigenvalue weighted by Gasteiger charge is 2.36. The van der Waals surface area contributed by atoms with Crippen LogP contribution in [0.1, 0.15) is 34.8 Å². The highest BCUT2D eigenvalue weighted by atomic mass is 19.1. The van der Waals surface area contributed by atoms with E-state index in [0.29, 0.717) is 12.8 Å². The monoisotopic (exact) mass is 321 g/mol. The molecule has 1 aromatic heterocycles. The topological polar surface area (TPSA) is 67.2 Å². The molecule has 0 bridgehead atoms. The first-order chi connectivity index (χ1) is 10.9. The Hall–Kier alpha value is -2.28. The van der Waals surface area contributed by atoms with Gasteiger partial charge in [-0.1, -0.05) is 0 Å². The van der Waals surface area contributed by atoms with Gasteiger partial charge in [0.05, 0.1) is 23.9 Å². The first-order valence-electron chi connectivity index (χ1n) is 7.36. The van der Waals surface area contributed by atoms with Crippen LogP contribution in [0.15, 0.2) is 30.6 Å². The van der Waals surface area contributed by atoms with Crippen LogP contribution in [0.2, 0.25) is 0 Å². The first kappa shape index (κ1) is 15.6. The number of aryl methyl sites for hydroxylation is 1. The molecule has 23 heavy (non-hydrogen) atoms. The number of hydrogen-bond donors (Lipinski definition) is 2. The fraction of sp³-hybridized carbons (Fsp3) is 0.375. The van der Waals surface area contributed by atoms with Crippen LogP contribution >= 0.6 is 0 Å². The summed E-state index contributed by atoms with van der Waals surface area (Å²) >= 11 is 0. The molecule has 1 aromatic carbocycles. The summed E-state index contributed by atoms with van der Waals surface area (Å²) in [6.07, 6.45) is 4.09. The van der Waals surface area contributed by atoms with Crippen molar-refractivity contribution < 1.29 is 18.7 Å². The van der Waals surface area contributed by atoms with E-state index < -0.39 is 23.6 Å². The van der Waals surface area contributed by atoms with Crippen LogP contribution in [0.5, 0.6) is 0 Å². The zero-order valence-corrected chi connectivity index (χ0v) is 12.5. The normalized spacial score (nSPS) is 21.6. The minimum absolute atomic E-state index is 0.0368. The van der Waals surface area contributed by atoms with Gasteiger partial charge in [0.2, 0.25) is 0 Å². The summed E-state index contributed by atoms with van der Waals surface area (Å²) in [6, 6.07) is 2.37. The molecular weight excluding hydrogens is 304 g/mol. The van der Waals surface area contributed by atoms with E-state index in [1.165, 1.54) is 0 Å². The quantitative estimate of drug-likeness (QED) is 0.904. The van der Waals surface area contributed by atoms with Crippen molar-refractivity contribution in [1.82, 2.24) is 15.1 Å². The van der Waals surface area contributed by atoms with Crippen molar-refractivity contribution in [3.05, 3.63) is 53.4 Å². The molecule has 2 aromatic rings. The van der Waals surface area contributed by atoms with Crippen LogP contribution in [0.25, 0.3) is 0 Å². The molecule has 5 nitrogen and oxygen atoms in total. The number of carbonyl (C=O) groups is 1. The van der Waals surface area contributed by atoms with Crippen LogP contribution < -0.4 is 5.32 Å². The van der Waals surface area contributed by atoms with Crippen molar-refractivity contribution in [3.8, 4) is 0 Å². The largest absolute Gasteiger partial charge is 0.393 e. The molecule has 3 rings (SSSR count). The van der Waals surface area contributed by atoms with Gasteiger partial charge < -0.3 is 10.4 Å². The van der Waals surface area contributed by atoms with Gasteiger partial charge >= 0.3 is 0 Å². The average molecular weight is 321 g/mol. The third-order valence-electron chi connectivity index (χ3n) is 4.16. The molecule has 0 saturated heterocycles. The van der Waals surface area contributed by atoms with Gasteiger partial charge in [-0.25, -0.2) is 8.78 Å². The Kier molecular flexibility index (Phi) is 4.12. The summed E-state index contributed by atoms with van der Waals surface area (Å²) in [5.74, 6) is -2.09. The third-order valence-corrected chi connectivity index (χ3v) is 4.16. The summed E-state index contributed by atoms with van der Waals surface area (Å²) in [5, 5.41) is 16.3. The predicted molar refractivity (Wildman–Crippen MR) is 78.5 cm³/mol. The van der Waals surface area contributed by atoms with E-state index in [4.69, 9.17) is 0 Å². The maximum atomic E-state index is 13.8. The van der Waals surface area contributed by atoms with E-state index in [9.17, 15) is 18.7 Å². The molecule has 1 atom stereocenters. The molecule has 122 valence electrons. The van der Waals surface area contributed by atoms with Crippen LogP contribution in [0.4, 0.5) is 8.78 Å². The maximum Gasteiger partial charge on any atom is 0.254 e. The number of nitrogens with one attached hydrogen (secondary N) is 1. The van der Waals surface area contributed by atoms with E-state index in [1.54, 1.807) is 24.1 Å². The lowest BCUT2D eigenvalue weighted by Gasteiger charge is -2.37. The van der Waals surface area contributed by atoms with Crippen LogP contribution in [-0.4, -0.2) is 26.9 Å². The van der Waals surface area contributed by atoms with Gasteiger partial charge in [0.15, 0.2) is 0 Å². The number of aliphatic hydroxyl groups excluding tert-OH is 1. The predicted octanol–water partition coefficient (Wildman–Crippen LogP) is 1.94. The molecule has 1 amide bonds. The number of aromatic nitrogens is 2. The number of amides is 1. The summed E-state index contributed by atoms with van der Waals surface area (Å²) in [6.45, 7) is 0. The van der Waals surface area contributed by atoms with Crippen LogP contribution in [0.3, 0.4) is 0 Å². The number of rotatable bonds is 4.